The first-order chi connectivity index (χ1) is 14.6. The molecule has 0 unspecified atom stereocenters. The van der Waals surface area contributed by atoms with Gasteiger partial charge in [-0.3, -0.25) is 9.47 Å². The number of halogens is 1. The molecule has 6 heteroatoms. The van der Waals surface area contributed by atoms with Crippen LogP contribution in [0.25, 0.3) is 5.69 Å². The van der Waals surface area contributed by atoms with E-state index in [1.54, 1.807) is 0 Å². The summed E-state index contributed by atoms with van der Waals surface area (Å²) in [4.78, 5) is 2.26. The van der Waals surface area contributed by atoms with Crippen molar-refractivity contribution < 1.29 is 4.74 Å². The van der Waals surface area contributed by atoms with Crippen molar-refractivity contribution in [1.29, 1.82) is 0 Å². The van der Waals surface area contributed by atoms with Crippen LogP contribution < -0.4 is 4.74 Å². The molecule has 1 aromatic heterocycles. The maximum atomic E-state index is 6.30. The predicted molar refractivity (Wildman–Crippen MR) is 118 cm³/mol. The Morgan fingerprint density at radius 2 is 1.80 bits per heavy atom. The standard InChI is InChI=1S/C24H27ClN4O/c1-16-5-3-4-6-22(16)30-20-10-7-17(8-11-20)24-27-26-23-15-28(2)14-18-13-19(25)9-12-21(18)29(23)24/h3-6,9,12-13,17,20H,7-8,10-11,14-15H2,1-2H3/t17-,20-. The fraction of sp³-hybridized carbons (Fsp3) is 0.417. The number of para-hydroxylation sites is 1. The Kier molecular flexibility index (Phi) is 5.25. The smallest absolute Gasteiger partial charge is 0.151 e. The van der Waals surface area contributed by atoms with E-state index in [2.05, 4.69) is 64.0 Å². The summed E-state index contributed by atoms with van der Waals surface area (Å²) in [5, 5.41) is 10.00. The summed E-state index contributed by atoms with van der Waals surface area (Å²) < 4.78 is 8.58. The summed E-state index contributed by atoms with van der Waals surface area (Å²) in [6, 6.07) is 14.4. The van der Waals surface area contributed by atoms with Crippen molar-refractivity contribution in [2.45, 2.75) is 57.7 Å². The molecule has 156 valence electrons. The fourth-order valence-electron chi connectivity index (χ4n) is 4.75. The van der Waals surface area contributed by atoms with Crippen LogP contribution in [0.4, 0.5) is 0 Å². The van der Waals surface area contributed by atoms with Gasteiger partial charge in [-0.15, -0.1) is 10.2 Å². The van der Waals surface area contributed by atoms with E-state index in [4.69, 9.17) is 16.3 Å². The molecule has 2 aliphatic rings. The zero-order chi connectivity index (χ0) is 20.7. The van der Waals surface area contributed by atoms with Crippen LogP contribution in [0.2, 0.25) is 5.02 Å². The van der Waals surface area contributed by atoms with Crippen LogP contribution in [0, 0.1) is 6.92 Å². The molecule has 3 aromatic rings. The minimum Gasteiger partial charge on any atom is -0.490 e. The second-order valence-corrected chi connectivity index (χ2v) is 9.05. The van der Waals surface area contributed by atoms with Gasteiger partial charge in [0, 0.05) is 17.5 Å². The molecule has 5 rings (SSSR count). The largest absolute Gasteiger partial charge is 0.490 e. The van der Waals surface area contributed by atoms with Crippen molar-refractivity contribution in [3.05, 3.63) is 70.3 Å². The number of ether oxygens (including phenoxy) is 1. The Hall–Kier alpha value is -2.37. The van der Waals surface area contributed by atoms with Crippen molar-refractivity contribution in [1.82, 2.24) is 19.7 Å². The van der Waals surface area contributed by atoms with Gasteiger partial charge in [0.2, 0.25) is 0 Å². The Balaban J connectivity index is 1.38. The maximum Gasteiger partial charge on any atom is 0.151 e. The van der Waals surface area contributed by atoms with Crippen LogP contribution >= 0.6 is 11.6 Å². The van der Waals surface area contributed by atoms with Gasteiger partial charge in [0.15, 0.2) is 5.82 Å². The summed E-state index contributed by atoms with van der Waals surface area (Å²) in [6.45, 7) is 3.74. The van der Waals surface area contributed by atoms with Gasteiger partial charge in [0.05, 0.1) is 18.3 Å². The summed E-state index contributed by atoms with van der Waals surface area (Å²) in [6.07, 6.45) is 4.47. The molecule has 0 N–H and O–H groups in total. The number of nitrogens with zero attached hydrogens (tertiary/aromatic N) is 4. The molecule has 0 saturated heterocycles. The Bertz CT molecular complexity index is 1060. The van der Waals surface area contributed by atoms with E-state index in [-0.39, 0.29) is 6.10 Å². The average molecular weight is 423 g/mol. The van der Waals surface area contributed by atoms with Crippen LogP contribution in [-0.2, 0) is 13.1 Å². The molecule has 1 aliphatic heterocycles. The average Bonchev–Trinajstić information content (AvgIpc) is 3.07. The molecule has 30 heavy (non-hydrogen) atoms. The summed E-state index contributed by atoms with van der Waals surface area (Å²) in [5.41, 5.74) is 3.58. The Morgan fingerprint density at radius 1 is 1.00 bits per heavy atom. The molecular formula is C24H27ClN4O. The summed E-state index contributed by atoms with van der Waals surface area (Å²) >= 11 is 6.29. The highest BCUT2D eigenvalue weighted by Crippen LogP contribution is 2.37. The quantitative estimate of drug-likeness (QED) is 0.576. The number of hydrogen-bond donors (Lipinski definition) is 0. The van der Waals surface area contributed by atoms with Crippen molar-refractivity contribution in [3.8, 4) is 11.4 Å². The van der Waals surface area contributed by atoms with Gasteiger partial charge >= 0.3 is 0 Å². The lowest BCUT2D eigenvalue weighted by Crippen LogP contribution is -2.25. The van der Waals surface area contributed by atoms with Gasteiger partial charge in [0.1, 0.15) is 11.6 Å². The third-order valence-electron chi connectivity index (χ3n) is 6.32. The third-order valence-corrected chi connectivity index (χ3v) is 6.55. The summed E-state index contributed by atoms with van der Waals surface area (Å²) in [7, 11) is 2.11. The highest BCUT2D eigenvalue weighted by molar-refractivity contribution is 6.30. The number of rotatable bonds is 3. The normalized spacial score (nSPS) is 21.6. The van der Waals surface area contributed by atoms with Crippen LogP contribution in [0.5, 0.6) is 5.75 Å². The highest BCUT2D eigenvalue weighted by Gasteiger charge is 2.30. The summed E-state index contributed by atoms with van der Waals surface area (Å²) in [5.74, 6) is 3.49. The van der Waals surface area contributed by atoms with Gasteiger partial charge in [-0.2, -0.15) is 0 Å². The van der Waals surface area contributed by atoms with E-state index in [0.717, 1.165) is 66.9 Å². The first-order valence-corrected chi connectivity index (χ1v) is 11.1. The molecule has 5 nitrogen and oxygen atoms in total. The minimum absolute atomic E-state index is 0.270. The van der Waals surface area contributed by atoms with Crippen molar-refractivity contribution in [3.63, 3.8) is 0 Å². The number of benzene rings is 2. The van der Waals surface area contributed by atoms with Crippen molar-refractivity contribution in [2.24, 2.45) is 0 Å². The monoisotopic (exact) mass is 422 g/mol. The molecular weight excluding hydrogens is 396 g/mol. The molecule has 2 heterocycles. The first kappa shape index (κ1) is 19.6. The zero-order valence-corrected chi connectivity index (χ0v) is 18.3. The third kappa shape index (κ3) is 3.72. The molecule has 1 aliphatic carbocycles. The second kappa shape index (κ2) is 8.05. The SMILES string of the molecule is Cc1ccccc1O[C@H]1CC[C@H](c2nnc3n2-c2ccc(Cl)cc2CN(C)C3)CC1. The van der Waals surface area contributed by atoms with Crippen molar-refractivity contribution >= 4 is 11.6 Å². The van der Waals surface area contributed by atoms with Gasteiger partial charge in [-0.05, 0) is 75.0 Å². The lowest BCUT2D eigenvalue weighted by atomic mass is 9.86. The topological polar surface area (TPSA) is 43.2 Å². The second-order valence-electron chi connectivity index (χ2n) is 8.61. The highest BCUT2D eigenvalue weighted by atomic mass is 35.5. The van der Waals surface area contributed by atoms with Crippen LogP contribution in [0.15, 0.2) is 42.5 Å². The van der Waals surface area contributed by atoms with E-state index in [0.29, 0.717) is 5.92 Å². The Labute approximate surface area is 182 Å². The minimum atomic E-state index is 0.270. The zero-order valence-electron chi connectivity index (χ0n) is 17.5. The van der Waals surface area contributed by atoms with E-state index in [1.807, 2.05) is 12.1 Å². The van der Waals surface area contributed by atoms with Crippen LogP contribution in [0.3, 0.4) is 0 Å². The van der Waals surface area contributed by atoms with Crippen molar-refractivity contribution in [2.75, 3.05) is 7.05 Å². The van der Waals surface area contributed by atoms with E-state index in [1.165, 1.54) is 11.1 Å². The molecule has 0 bridgehead atoms. The molecule has 0 atom stereocenters. The number of aryl methyl sites for hydroxylation is 1. The van der Waals surface area contributed by atoms with E-state index >= 15 is 0 Å². The number of aromatic nitrogens is 3. The molecule has 1 saturated carbocycles. The Morgan fingerprint density at radius 3 is 2.60 bits per heavy atom. The maximum absolute atomic E-state index is 6.30. The number of hydrogen-bond acceptors (Lipinski definition) is 4. The van der Waals surface area contributed by atoms with E-state index in [9.17, 15) is 0 Å². The predicted octanol–water partition coefficient (Wildman–Crippen LogP) is 5.28. The van der Waals surface area contributed by atoms with Gasteiger partial charge < -0.3 is 4.74 Å². The lowest BCUT2D eigenvalue weighted by Gasteiger charge is -2.29. The van der Waals surface area contributed by atoms with Gasteiger partial charge in [-0.1, -0.05) is 29.8 Å². The van der Waals surface area contributed by atoms with Gasteiger partial charge in [-0.25, -0.2) is 0 Å². The molecule has 0 radical (unpaired) electrons. The van der Waals surface area contributed by atoms with Crippen LogP contribution in [-0.4, -0.2) is 32.8 Å². The fourth-order valence-corrected chi connectivity index (χ4v) is 4.95. The van der Waals surface area contributed by atoms with E-state index < -0.39 is 0 Å². The van der Waals surface area contributed by atoms with Crippen LogP contribution in [0.1, 0.15) is 54.4 Å². The molecule has 0 amide bonds. The first-order valence-electron chi connectivity index (χ1n) is 10.7. The van der Waals surface area contributed by atoms with Gasteiger partial charge in [0.25, 0.3) is 0 Å². The molecule has 1 fully saturated rings. The number of fused-ring (bicyclic) bond motifs is 3. The lowest BCUT2D eigenvalue weighted by molar-refractivity contribution is 0.143. The molecule has 2 aromatic carbocycles. The molecule has 0 spiro atoms.